The minimum Gasteiger partial charge on any atom is -0.457 e. The van der Waals surface area contributed by atoms with Crippen molar-refractivity contribution in [1.82, 2.24) is 0 Å². The lowest BCUT2D eigenvalue weighted by Gasteiger charge is -2.20. The van der Waals surface area contributed by atoms with Gasteiger partial charge in [-0.3, -0.25) is 18.6 Å². The molecule has 0 saturated carbocycles. The SMILES string of the molecule is CC/C=C\C/C=C\C/C=C\C/C=C\C/C=C\CCCCCC(=O)OC(CO)COP(=O)(O)OCC(CO)OC(=O)CCCC/C=C\C/C=C\C/C=C\C/C=C\CC. The van der Waals surface area contributed by atoms with Gasteiger partial charge in [0.2, 0.25) is 0 Å². The number of aliphatic hydroxyl groups excluding tert-OH is 2. The topological polar surface area (TPSA) is 149 Å². The molecule has 322 valence electrons. The van der Waals surface area contributed by atoms with E-state index in [4.69, 9.17) is 18.5 Å². The van der Waals surface area contributed by atoms with Crippen LogP contribution in [0.3, 0.4) is 0 Å². The first kappa shape index (κ1) is 53.6. The minimum absolute atomic E-state index is 0.130. The van der Waals surface area contributed by atoms with Gasteiger partial charge in [-0.2, -0.15) is 0 Å². The van der Waals surface area contributed by atoms with Crippen LogP contribution in [0.15, 0.2) is 109 Å². The second-order valence-corrected chi connectivity index (χ2v) is 14.7. The number of aliphatic hydroxyl groups is 2. The van der Waals surface area contributed by atoms with Gasteiger partial charge in [0.15, 0.2) is 0 Å². The maximum Gasteiger partial charge on any atom is 0.472 e. The van der Waals surface area contributed by atoms with Crippen molar-refractivity contribution in [2.75, 3.05) is 26.4 Å². The average molecular weight is 817 g/mol. The molecule has 0 aliphatic rings. The Kier molecular flexibility index (Phi) is 38.4. The zero-order valence-corrected chi connectivity index (χ0v) is 35.6. The molecular formula is C46H73O10P. The largest absolute Gasteiger partial charge is 0.472 e. The van der Waals surface area contributed by atoms with Crippen molar-refractivity contribution in [3.8, 4) is 0 Å². The highest BCUT2D eigenvalue weighted by molar-refractivity contribution is 7.47. The van der Waals surface area contributed by atoms with Crippen molar-refractivity contribution >= 4 is 19.8 Å². The van der Waals surface area contributed by atoms with Crippen LogP contribution in [0.5, 0.6) is 0 Å². The summed E-state index contributed by atoms with van der Waals surface area (Å²) in [5.74, 6) is -1.11. The number of carbonyl (C=O) groups is 2. The summed E-state index contributed by atoms with van der Waals surface area (Å²) < 4.78 is 32.5. The molecule has 0 bridgehead atoms. The maximum atomic E-state index is 12.4. The highest BCUT2D eigenvalue weighted by atomic mass is 31.2. The van der Waals surface area contributed by atoms with Gasteiger partial charge in [-0.25, -0.2) is 4.57 Å². The van der Waals surface area contributed by atoms with Crippen LogP contribution in [0.4, 0.5) is 0 Å². The van der Waals surface area contributed by atoms with Crippen LogP contribution in [-0.4, -0.2) is 65.7 Å². The summed E-state index contributed by atoms with van der Waals surface area (Å²) in [5.41, 5.74) is 0. The van der Waals surface area contributed by atoms with Crippen LogP contribution < -0.4 is 0 Å². The third kappa shape index (κ3) is 39.2. The molecule has 0 amide bonds. The van der Waals surface area contributed by atoms with Crippen LogP contribution in [0, 0.1) is 0 Å². The molecule has 11 heteroatoms. The lowest BCUT2D eigenvalue weighted by molar-refractivity contribution is -0.153. The third-order valence-corrected chi connectivity index (χ3v) is 8.93. The molecule has 10 nitrogen and oxygen atoms in total. The van der Waals surface area contributed by atoms with Gasteiger partial charge < -0.3 is 24.6 Å². The van der Waals surface area contributed by atoms with E-state index < -0.39 is 58.4 Å². The smallest absolute Gasteiger partial charge is 0.457 e. The number of phosphoric acid groups is 1. The highest BCUT2D eigenvalue weighted by Gasteiger charge is 2.27. The van der Waals surface area contributed by atoms with Crippen LogP contribution in [-0.2, 0) is 32.7 Å². The normalized spacial score (nSPS) is 15.0. The molecular weight excluding hydrogens is 743 g/mol. The van der Waals surface area contributed by atoms with Crippen molar-refractivity contribution in [3.05, 3.63) is 109 Å². The molecule has 3 N–H and O–H groups in total. The first-order chi connectivity index (χ1) is 27.8. The molecule has 0 aliphatic carbocycles. The Morgan fingerprint density at radius 3 is 1.11 bits per heavy atom. The van der Waals surface area contributed by atoms with E-state index in [0.717, 1.165) is 89.9 Å². The molecule has 0 heterocycles. The number of carbonyl (C=O) groups excluding carboxylic acids is 2. The van der Waals surface area contributed by atoms with Gasteiger partial charge in [-0.1, -0.05) is 130 Å². The Hall–Kier alpha value is -3.37. The fraction of sp³-hybridized carbons (Fsp3) is 0.565. The Bertz CT molecular complexity index is 1310. The fourth-order valence-corrected chi connectivity index (χ4v) is 5.62. The van der Waals surface area contributed by atoms with Crippen molar-refractivity contribution in [2.24, 2.45) is 0 Å². The summed E-state index contributed by atoms with van der Waals surface area (Å²) in [6, 6.07) is 0. The monoisotopic (exact) mass is 816 g/mol. The number of hydrogen-bond acceptors (Lipinski definition) is 9. The predicted octanol–water partition coefficient (Wildman–Crippen LogP) is 11.0. The van der Waals surface area contributed by atoms with Gasteiger partial charge >= 0.3 is 19.8 Å². The molecule has 0 saturated heterocycles. The standard InChI is InChI=1S/C46H73O10P/c1-3-5-7-9-11-13-15-17-19-20-21-22-24-26-28-30-32-34-36-38-46(50)56-44(40-48)42-54-57(51,52)53-41-43(39-47)55-45(49)37-35-33-31-29-27-25-23-18-16-14-12-10-8-6-4-2/h5-8,11-14,17-19,21-23,26-29,43-44,47-48H,3-4,9-10,15-16,20,24-25,30-42H2,1-2H3,(H,51,52)/b7-5-,8-6-,13-11-,14-12-,19-17-,22-21-,23-18-,28-26-,29-27-. The number of allylic oxidation sites excluding steroid dienone is 18. The number of rotatable bonds is 37. The molecule has 3 atom stereocenters. The third-order valence-electron chi connectivity index (χ3n) is 7.98. The summed E-state index contributed by atoms with van der Waals surface area (Å²) in [4.78, 5) is 34.5. The molecule has 0 aromatic carbocycles. The molecule has 0 aromatic rings. The second-order valence-electron chi connectivity index (χ2n) is 13.2. The summed E-state index contributed by atoms with van der Waals surface area (Å²) in [7, 11) is -4.67. The Balaban J connectivity index is 4.08. The molecule has 0 aromatic heterocycles. The van der Waals surface area contributed by atoms with E-state index in [9.17, 15) is 29.3 Å². The summed E-state index contributed by atoms with van der Waals surface area (Å²) >= 11 is 0. The lowest BCUT2D eigenvalue weighted by atomic mass is 10.1. The van der Waals surface area contributed by atoms with E-state index in [-0.39, 0.29) is 12.8 Å². The predicted molar refractivity (Wildman–Crippen MR) is 232 cm³/mol. The quantitative estimate of drug-likeness (QED) is 0.0239. The summed E-state index contributed by atoms with van der Waals surface area (Å²) in [5, 5.41) is 19.1. The first-order valence-electron chi connectivity index (χ1n) is 20.8. The Morgan fingerprint density at radius 1 is 0.474 bits per heavy atom. The van der Waals surface area contributed by atoms with E-state index in [0.29, 0.717) is 12.8 Å². The van der Waals surface area contributed by atoms with Crippen LogP contribution in [0.1, 0.15) is 129 Å². The molecule has 0 radical (unpaired) electrons. The first-order valence-corrected chi connectivity index (χ1v) is 22.3. The molecule has 57 heavy (non-hydrogen) atoms. The Labute approximate surface area is 344 Å². The van der Waals surface area contributed by atoms with Crippen LogP contribution >= 0.6 is 7.82 Å². The number of phosphoric ester groups is 1. The van der Waals surface area contributed by atoms with E-state index in [1.165, 1.54) is 0 Å². The van der Waals surface area contributed by atoms with Gasteiger partial charge in [-0.05, 0) is 96.3 Å². The number of unbranched alkanes of at least 4 members (excludes halogenated alkanes) is 5. The van der Waals surface area contributed by atoms with Crippen LogP contribution in [0.2, 0.25) is 0 Å². The van der Waals surface area contributed by atoms with Gasteiger partial charge in [0.25, 0.3) is 0 Å². The van der Waals surface area contributed by atoms with Gasteiger partial charge in [-0.15, -0.1) is 0 Å². The van der Waals surface area contributed by atoms with Crippen molar-refractivity contribution < 1.29 is 47.8 Å². The lowest BCUT2D eigenvalue weighted by Crippen LogP contribution is -2.28. The zero-order chi connectivity index (χ0) is 41.9. The van der Waals surface area contributed by atoms with E-state index in [2.05, 4.69) is 123 Å². The van der Waals surface area contributed by atoms with Gasteiger partial charge in [0, 0.05) is 12.8 Å². The molecule has 0 rings (SSSR count). The molecule has 0 aliphatic heterocycles. The second kappa shape index (κ2) is 40.8. The summed E-state index contributed by atoms with van der Waals surface area (Å²) in [6.07, 6.45) is 50.7. The van der Waals surface area contributed by atoms with Crippen molar-refractivity contribution in [2.45, 2.75) is 142 Å². The average Bonchev–Trinajstić information content (AvgIpc) is 3.20. The van der Waals surface area contributed by atoms with Crippen molar-refractivity contribution in [1.29, 1.82) is 0 Å². The number of ether oxygens (including phenoxy) is 2. The molecule has 0 fully saturated rings. The number of esters is 2. The molecule has 0 spiro atoms. The van der Waals surface area contributed by atoms with Crippen molar-refractivity contribution in [3.63, 3.8) is 0 Å². The van der Waals surface area contributed by atoms with Crippen LogP contribution in [0.25, 0.3) is 0 Å². The van der Waals surface area contributed by atoms with E-state index in [1.807, 2.05) is 0 Å². The Morgan fingerprint density at radius 2 is 0.772 bits per heavy atom. The summed E-state index contributed by atoms with van der Waals surface area (Å²) in [6.45, 7) is 1.85. The minimum atomic E-state index is -4.67. The van der Waals surface area contributed by atoms with Gasteiger partial charge in [0.1, 0.15) is 12.2 Å². The molecule has 3 unspecified atom stereocenters. The maximum absolute atomic E-state index is 12.4. The van der Waals surface area contributed by atoms with Gasteiger partial charge in [0.05, 0.1) is 26.4 Å². The van der Waals surface area contributed by atoms with E-state index >= 15 is 0 Å². The highest BCUT2D eigenvalue weighted by Crippen LogP contribution is 2.43. The number of hydrogen-bond donors (Lipinski definition) is 3. The van der Waals surface area contributed by atoms with E-state index in [1.54, 1.807) is 0 Å². The zero-order valence-electron chi connectivity index (χ0n) is 34.7. The fourth-order valence-electron chi connectivity index (χ4n) is 4.84.